The molecule has 4 rings (SSSR count). The summed E-state index contributed by atoms with van der Waals surface area (Å²) in [5, 5.41) is 11.6. The van der Waals surface area contributed by atoms with Crippen LogP contribution < -0.4 is 10.2 Å². The van der Waals surface area contributed by atoms with E-state index in [0.29, 0.717) is 0 Å². The van der Waals surface area contributed by atoms with Gasteiger partial charge < -0.3 is 19.5 Å². The van der Waals surface area contributed by atoms with Gasteiger partial charge in [0, 0.05) is 58.1 Å². The lowest BCUT2D eigenvalue weighted by Crippen LogP contribution is -2.57. The van der Waals surface area contributed by atoms with E-state index in [2.05, 4.69) is 42.2 Å². The number of guanidine groups is 1. The number of rotatable bonds is 4. The Morgan fingerprint density at radius 3 is 3.04 bits per heavy atom. The van der Waals surface area contributed by atoms with Gasteiger partial charge in [-0.1, -0.05) is 0 Å². The van der Waals surface area contributed by atoms with Gasteiger partial charge in [0.25, 0.3) is 0 Å². The summed E-state index contributed by atoms with van der Waals surface area (Å²) in [5.74, 6) is 2.77. The number of piperazine rings is 1. The van der Waals surface area contributed by atoms with Crippen LogP contribution in [0.25, 0.3) is 5.65 Å². The number of hydrogen-bond acceptors (Lipinski definition) is 6. The summed E-state index contributed by atoms with van der Waals surface area (Å²) in [6.45, 7) is 5.55. The second kappa shape index (κ2) is 9.22. The number of nitrogens with zero attached hydrogens (tertiary/aromatic N) is 7. The second-order valence-corrected chi connectivity index (χ2v) is 6.60. The van der Waals surface area contributed by atoms with Crippen LogP contribution in [0.2, 0.25) is 0 Å². The van der Waals surface area contributed by atoms with Gasteiger partial charge in [0.1, 0.15) is 12.1 Å². The van der Waals surface area contributed by atoms with Gasteiger partial charge in [-0.25, -0.2) is 4.98 Å². The van der Waals surface area contributed by atoms with Crippen molar-refractivity contribution in [3.63, 3.8) is 0 Å². The summed E-state index contributed by atoms with van der Waals surface area (Å²) < 4.78 is 7.28. The smallest absolute Gasteiger partial charge is 0.203 e. The van der Waals surface area contributed by atoms with Crippen LogP contribution in [0, 0.1) is 0 Å². The minimum Gasteiger partial charge on any atom is -0.469 e. The van der Waals surface area contributed by atoms with Crippen LogP contribution in [0.15, 0.2) is 46.5 Å². The van der Waals surface area contributed by atoms with E-state index in [1.807, 2.05) is 29.8 Å². The average Bonchev–Trinajstić information content (AvgIpc) is 3.36. The normalized spacial score (nSPS) is 17.6. The first-order valence-corrected chi connectivity index (χ1v) is 9.15. The van der Waals surface area contributed by atoms with E-state index in [1.54, 1.807) is 18.8 Å². The van der Waals surface area contributed by atoms with Crippen LogP contribution >= 0.6 is 24.0 Å². The molecule has 1 aliphatic heterocycles. The van der Waals surface area contributed by atoms with Crippen molar-refractivity contribution in [2.24, 2.45) is 4.99 Å². The maximum absolute atomic E-state index is 5.38. The topological polar surface area (TPSA) is 87.1 Å². The highest BCUT2D eigenvalue weighted by Gasteiger charge is 2.28. The molecule has 0 radical (unpaired) electrons. The van der Waals surface area contributed by atoms with Crippen LogP contribution in [0.1, 0.15) is 12.7 Å². The zero-order valence-electron chi connectivity index (χ0n) is 16.0. The fraction of sp³-hybridized carbons (Fsp3) is 0.444. The first-order valence-electron chi connectivity index (χ1n) is 9.15. The quantitative estimate of drug-likeness (QED) is 0.334. The number of hydrogen-bond donors (Lipinski definition) is 1. The molecule has 9 nitrogen and oxygen atoms in total. The summed E-state index contributed by atoms with van der Waals surface area (Å²) >= 11 is 0. The maximum atomic E-state index is 5.38. The summed E-state index contributed by atoms with van der Waals surface area (Å²) in [4.78, 5) is 13.6. The van der Waals surface area contributed by atoms with Crippen molar-refractivity contribution >= 4 is 41.4 Å². The van der Waals surface area contributed by atoms with E-state index in [1.165, 1.54) is 0 Å². The van der Waals surface area contributed by atoms with Crippen molar-refractivity contribution in [3.8, 4) is 0 Å². The monoisotopic (exact) mass is 496 g/mol. The molecule has 0 aliphatic carbocycles. The first kappa shape index (κ1) is 20.4. The average molecular weight is 496 g/mol. The molecule has 4 heterocycles. The van der Waals surface area contributed by atoms with Crippen molar-refractivity contribution in [1.82, 2.24) is 29.8 Å². The van der Waals surface area contributed by atoms with Crippen molar-refractivity contribution < 1.29 is 4.42 Å². The lowest BCUT2D eigenvalue weighted by molar-refractivity contribution is 0.327. The molecule has 1 N–H and O–H groups in total. The summed E-state index contributed by atoms with van der Waals surface area (Å²) in [6, 6.07) is 4.18. The maximum Gasteiger partial charge on any atom is 0.203 e. The molecule has 0 saturated carbocycles. The minimum absolute atomic E-state index is 0. The molecular formula is C18H25IN8O. The Morgan fingerprint density at radius 2 is 2.29 bits per heavy atom. The predicted molar refractivity (Wildman–Crippen MR) is 118 cm³/mol. The number of aromatic nitrogens is 4. The number of anilines is 1. The van der Waals surface area contributed by atoms with Crippen molar-refractivity contribution in [2.45, 2.75) is 19.4 Å². The molecule has 0 bridgehead atoms. The highest BCUT2D eigenvalue weighted by Crippen LogP contribution is 2.21. The van der Waals surface area contributed by atoms with Crippen LogP contribution in [0.3, 0.4) is 0 Å². The van der Waals surface area contributed by atoms with Gasteiger partial charge in [-0.2, -0.15) is 0 Å². The van der Waals surface area contributed by atoms with Crippen LogP contribution in [-0.2, 0) is 6.42 Å². The van der Waals surface area contributed by atoms with Crippen LogP contribution in [0.4, 0.5) is 5.82 Å². The molecule has 1 unspecified atom stereocenters. The third kappa shape index (κ3) is 4.21. The lowest BCUT2D eigenvalue weighted by Gasteiger charge is -2.41. The molecule has 1 saturated heterocycles. The largest absolute Gasteiger partial charge is 0.469 e. The van der Waals surface area contributed by atoms with Gasteiger partial charge in [0.2, 0.25) is 5.65 Å². The van der Waals surface area contributed by atoms with E-state index >= 15 is 0 Å². The van der Waals surface area contributed by atoms with Crippen LogP contribution in [0.5, 0.6) is 0 Å². The highest BCUT2D eigenvalue weighted by atomic mass is 127. The Morgan fingerprint density at radius 1 is 1.39 bits per heavy atom. The molecule has 0 amide bonds. The third-order valence-electron chi connectivity index (χ3n) is 4.84. The molecule has 1 aliphatic rings. The molecular weight excluding hydrogens is 471 g/mol. The Balaban J connectivity index is 0.00000225. The summed E-state index contributed by atoms with van der Waals surface area (Å²) in [5.41, 5.74) is 0.791. The molecule has 28 heavy (non-hydrogen) atoms. The van der Waals surface area contributed by atoms with Crippen LogP contribution in [-0.4, -0.2) is 69.7 Å². The Labute approximate surface area is 180 Å². The number of halogens is 1. The molecule has 1 atom stereocenters. The molecule has 150 valence electrons. The molecule has 0 spiro atoms. The predicted octanol–water partition coefficient (Wildman–Crippen LogP) is 1.66. The van der Waals surface area contributed by atoms with Gasteiger partial charge in [-0.15, -0.1) is 34.2 Å². The molecule has 3 aromatic heterocycles. The van der Waals surface area contributed by atoms with E-state index < -0.39 is 0 Å². The SMILES string of the molecule is CN=C(NCCc1ccco1)N1CCN(c2nccn3cnnc23)C(C)C1.I. The van der Waals surface area contributed by atoms with Crippen molar-refractivity contribution in [1.29, 1.82) is 0 Å². The first-order chi connectivity index (χ1) is 13.3. The zero-order chi connectivity index (χ0) is 18.6. The van der Waals surface area contributed by atoms with E-state index in [0.717, 1.165) is 55.8 Å². The van der Waals surface area contributed by atoms with Crippen molar-refractivity contribution in [3.05, 3.63) is 42.9 Å². The fourth-order valence-corrected chi connectivity index (χ4v) is 3.50. The number of aliphatic imine (C=N–C) groups is 1. The second-order valence-electron chi connectivity index (χ2n) is 6.60. The number of nitrogens with one attached hydrogen (secondary N) is 1. The summed E-state index contributed by atoms with van der Waals surface area (Å²) in [7, 11) is 1.82. The van der Waals surface area contributed by atoms with E-state index in [9.17, 15) is 0 Å². The lowest BCUT2D eigenvalue weighted by atomic mass is 10.2. The highest BCUT2D eigenvalue weighted by molar-refractivity contribution is 14.0. The minimum atomic E-state index is 0. The Bertz CT molecular complexity index is 909. The van der Waals surface area contributed by atoms with E-state index in [-0.39, 0.29) is 30.0 Å². The fourth-order valence-electron chi connectivity index (χ4n) is 3.50. The third-order valence-corrected chi connectivity index (χ3v) is 4.84. The Kier molecular flexibility index (Phi) is 6.70. The Hall–Kier alpha value is -2.37. The van der Waals surface area contributed by atoms with Gasteiger partial charge in [0.05, 0.1) is 6.26 Å². The summed E-state index contributed by atoms with van der Waals surface area (Å²) in [6.07, 6.45) is 7.89. The van der Waals surface area contributed by atoms with Gasteiger partial charge in [-0.05, 0) is 19.1 Å². The molecule has 3 aromatic rings. The molecule has 10 heteroatoms. The standard InChI is InChI=1S/C18H24N8O.HI/c1-14-12-24(18(19-2)21-6-5-15-4-3-11-27-15)9-10-26(14)16-17-23-22-13-25(17)8-7-20-16;/h3-4,7-8,11,13-14H,5-6,9-10,12H2,1-2H3,(H,19,21);1H. The van der Waals surface area contributed by atoms with Gasteiger partial charge >= 0.3 is 0 Å². The van der Waals surface area contributed by atoms with Gasteiger partial charge in [0.15, 0.2) is 11.8 Å². The van der Waals surface area contributed by atoms with E-state index in [4.69, 9.17) is 4.42 Å². The van der Waals surface area contributed by atoms with Crippen molar-refractivity contribution in [2.75, 3.05) is 38.1 Å². The molecule has 0 aromatic carbocycles. The number of fused-ring (bicyclic) bond motifs is 1. The number of furan rings is 1. The molecule has 1 fully saturated rings. The van der Waals surface area contributed by atoms with Gasteiger partial charge in [-0.3, -0.25) is 9.39 Å². The zero-order valence-corrected chi connectivity index (χ0v) is 18.4.